The number of fused-ring (bicyclic) bond motifs is 1. The van der Waals surface area contributed by atoms with Crippen LogP contribution in [0.3, 0.4) is 0 Å². The topological polar surface area (TPSA) is 69.9 Å². The second-order valence-electron chi connectivity index (χ2n) is 9.07. The first-order valence-corrected chi connectivity index (χ1v) is 14.6. The van der Waals surface area contributed by atoms with Crippen molar-refractivity contribution in [2.75, 3.05) is 6.61 Å². The number of aromatic nitrogens is 1. The highest BCUT2D eigenvalue weighted by atomic mass is 79.9. The molecular formula is C30H21BrClF3N2O4S. The van der Waals surface area contributed by atoms with Gasteiger partial charge in [0.2, 0.25) is 0 Å². The molecule has 3 aromatic carbocycles. The second kappa shape index (κ2) is 12.3. The van der Waals surface area contributed by atoms with Crippen LogP contribution in [0.25, 0.3) is 6.08 Å². The molecule has 0 N–H and O–H groups in total. The quantitative estimate of drug-likeness (QED) is 0.214. The summed E-state index contributed by atoms with van der Waals surface area (Å²) in [5.41, 5.74) is -1.10. The van der Waals surface area contributed by atoms with Crippen molar-refractivity contribution >= 4 is 50.9 Å². The monoisotopic (exact) mass is 676 g/mol. The van der Waals surface area contributed by atoms with Crippen molar-refractivity contribution in [2.45, 2.75) is 25.7 Å². The van der Waals surface area contributed by atoms with Crippen LogP contribution in [0.1, 0.15) is 29.7 Å². The summed E-state index contributed by atoms with van der Waals surface area (Å²) >= 11 is 10.2. The summed E-state index contributed by atoms with van der Waals surface area (Å²) in [7, 11) is 0. The van der Waals surface area contributed by atoms with Crippen LogP contribution < -0.4 is 19.6 Å². The van der Waals surface area contributed by atoms with Gasteiger partial charge in [0, 0.05) is 15.1 Å². The van der Waals surface area contributed by atoms with Crippen LogP contribution in [0.4, 0.5) is 13.2 Å². The van der Waals surface area contributed by atoms with Crippen molar-refractivity contribution < 1.29 is 27.4 Å². The minimum Gasteiger partial charge on any atom is -0.488 e. The summed E-state index contributed by atoms with van der Waals surface area (Å²) in [6, 6.07) is 19.0. The molecule has 0 aliphatic carbocycles. The van der Waals surface area contributed by atoms with Crippen LogP contribution in [0.2, 0.25) is 5.02 Å². The number of esters is 1. The Labute approximate surface area is 255 Å². The molecule has 6 nitrogen and oxygen atoms in total. The third kappa shape index (κ3) is 6.23. The number of rotatable bonds is 7. The Hall–Kier alpha value is -3.67. The Morgan fingerprint density at radius 3 is 2.45 bits per heavy atom. The number of carbonyl (C=O) groups is 1. The first-order chi connectivity index (χ1) is 20.1. The van der Waals surface area contributed by atoms with Gasteiger partial charge >= 0.3 is 12.1 Å². The molecule has 1 atom stereocenters. The van der Waals surface area contributed by atoms with Gasteiger partial charge in [0.25, 0.3) is 5.56 Å². The number of alkyl halides is 3. The zero-order chi connectivity index (χ0) is 30.0. The molecule has 0 amide bonds. The maximum absolute atomic E-state index is 14.3. The van der Waals surface area contributed by atoms with E-state index >= 15 is 0 Å². The smallest absolute Gasteiger partial charge is 0.434 e. The summed E-state index contributed by atoms with van der Waals surface area (Å²) in [5.74, 6) is -0.738. The van der Waals surface area contributed by atoms with Gasteiger partial charge in [-0.05, 0) is 54.5 Å². The molecule has 0 saturated carbocycles. The van der Waals surface area contributed by atoms with E-state index in [2.05, 4.69) is 20.9 Å². The van der Waals surface area contributed by atoms with E-state index in [1.165, 1.54) is 31.2 Å². The number of carbonyl (C=O) groups excluding carboxylic acids is 1. The number of hydrogen-bond acceptors (Lipinski definition) is 6. The van der Waals surface area contributed by atoms with E-state index in [1.807, 2.05) is 24.3 Å². The fourth-order valence-corrected chi connectivity index (χ4v) is 5.80. The maximum atomic E-state index is 14.3. The van der Waals surface area contributed by atoms with E-state index in [9.17, 15) is 22.8 Å². The molecule has 0 saturated heterocycles. The number of nitrogens with zero attached hydrogens (tertiary/aromatic N) is 2. The Kier molecular flexibility index (Phi) is 8.72. The summed E-state index contributed by atoms with van der Waals surface area (Å²) in [4.78, 5) is 30.4. The van der Waals surface area contributed by atoms with E-state index < -0.39 is 35.0 Å². The number of halogens is 5. The van der Waals surface area contributed by atoms with E-state index in [1.54, 1.807) is 30.3 Å². The van der Waals surface area contributed by atoms with Crippen LogP contribution in [-0.2, 0) is 16.1 Å². The summed E-state index contributed by atoms with van der Waals surface area (Å²) in [6.45, 7) is 1.57. The largest absolute Gasteiger partial charge is 0.488 e. The van der Waals surface area contributed by atoms with Crippen molar-refractivity contribution in [3.8, 4) is 5.75 Å². The van der Waals surface area contributed by atoms with Crippen LogP contribution >= 0.6 is 38.9 Å². The number of allylic oxidation sites excluding steroid dienone is 1. The highest BCUT2D eigenvalue weighted by Crippen LogP contribution is 2.38. The van der Waals surface area contributed by atoms with E-state index in [4.69, 9.17) is 21.1 Å². The highest BCUT2D eigenvalue weighted by Gasteiger charge is 2.45. The summed E-state index contributed by atoms with van der Waals surface area (Å²) in [5, 5.41) is 0.337. The van der Waals surface area contributed by atoms with E-state index in [0.717, 1.165) is 25.9 Å². The van der Waals surface area contributed by atoms with Gasteiger partial charge in [-0.15, -0.1) is 0 Å². The van der Waals surface area contributed by atoms with Gasteiger partial charge in [-0.3, -0.25) is 9.36 Å². The lowest BCUT2D eigenvalue weighted by atomic mass is 9.95. The maximum Gasteiger partial charge on any atom is 0.434 e. The SMILES string of the molecule is CCOC(=O)C1=C(C(F)(F)F)N=c2s/c(=C\c3ccccc3OCc3ccc(Br)cc3)c(=O)n2[C@H]1c1ccc(Cl)cc1. The van der Waals surface area contributed by atoms with E-state index in [-0.39, 0.29) is 28.1 Å². The molecular weight excluding hydrogens is 657 g/mol. The van der Waals surface area contributed by atoms with Crippen LogP contribution in [0.15, 0.2) is 98.3 Å². The van der Waals surface area contributed by atoms with Crippen molar-refractivity contribution in [1.82, 2.24) is 4.57 Å². The summed E-state index contributed by atoms with van der Waals surface area (Å²) < 4.78 is 56.1. The molecule has 2 heterocycles. The molecule has 1 aliphatic rings. The molecule has 0 radical (unpaired) electrons. The zero-order valence-electron chi connectivity index (χ0n) is 21.8. The van der Waals surface area contributed by atoms with Gasteiger partial charge in [-0.25, -0.2) is 9.79 Å². The molecule has 216 valence electrons. The Morgan fingerprint density at radius 2 is 1.79 bits per heavy atom. The Morgan fingerprint density at radius 1 is 1.10 bits per heavy atom. The van der Waals surface area contributed by atoms with Crippen LogP contribution in [0.5, 0.6) is 5.75 Å². The molecule has 1 aromatic heterocycles. The number of hydrogen-bond donors (Lipinski definition) is 0. The molecule has 12 heteroatoms. The number of para-hydroxylation sites is 1. The normalized spacial score (nSPS) is 15.3. The fraction of sp³-hybridized carbons (Fsp3) is 0.167. The Balaban J connectivity index is 1.66. The summed E-state index contributed by atoms with van der Waals surface area (Å²) in [6.07, 6.45) is -3.45. The van der Waals surface area contributed by atoms with E-state index in [0.29, 0.717) is 16.3 Å². The number of ether oxygens (including phenoxy) is 2. The van der Waals surface area contributed by atoms with Gasteiger partial charge in [0.15, 0.2) is 10.5 Å². The first kappa shape index (κ1) is 29.8. The first-order valence-electron chi connectivity index (χ1n) is 12.6. The van der Waals surface area contributed by atoms with Gasteiger partial charge in [0.05, 0.1) is 22.8 Å². The molecule has 42 heavy (non-hydrogen) atoms. The van der Waals surface area contributed by atoms with Crippen molar-refractivity contribution in [3.63, 3.8) is 0 Å². The molecule has 5 rings (SSSR count). The lowest BCUT2D eigenvalue weighted by molar-refractivity contribution is -0.140. The Bertz CT molecular complexity index is 1850. The average Bonchev–Trinajstić information content (AvgIpc) is 3.27. The van der Waals surface area contributed by atoms with Gasteiger partial charge < -0.3 is 9.47 Å². The zero-order valence-corrected chi connectivity index (χ0v) is 25.0. The van der Waals surface area contributed by atoms with Crippen LogP contribution in [-0.4, -0.2) is 23.3 Å². The minimum absolute atomic E-state index is 0.110. The van der Waals surface area contributed by atoms with Crippen molar-refractivity contribution in [2.24, 2.45) is 4.99 Å². The second-order valence-corrected chi connectivity index (χ2v) is 11.4. The predicted octanol–water partition coefficient (Wildman–Crippen LogP) is 6.34. The van der Waals surface area contributed by atoms with Crippen molar-refractivity contribution in [1.29, 1.82) is 0 Å². The predicted molar refractivity (Wildman–Crippen MR) is 157 cm³/mol. The molecule has 1 aliphatic heterocycles. The molecule has 0 spiro atoms. The minimum atomic E-state index is -4.99. The van der Waals surface area contributed by atoms with Gasteiger partial charge in [0.1, 0.15) is 12.4 Å². The highest BCUT2D eigenvalue weighted by molar-refractivity contribution is 9.10. The standard InChI is InChI=1S/C30H21BrClF3N2O4S/c1-2-40-28(39)24-25(18-9-13-21(32)14-10-18)37-27(38)23(42-29(37)36-26(24)30(33,34)35)15-19-5-3-4-6-22(19)41-16-17-7-11-20(31)12-8-17/h3-15,25H,2,16H2,1H3/b23-15-/t25-/m0/s1. The van der Waals surface area contributed by atoms with Crippen molar-refractivity contribution in [3.05, 3.63) is 130 Å². The molecule has 0 fully saturated rings. The van der Waals surface area contributed by atoms with Crippen LogP contribution in [0, 0.1) is 0 Å². The lowest BCUT2D eigenvalue weighted by Crippen LogP contribution is -2.41. The number of thiazole rings is 1. The molecule has 0 unspecified atom stereocenters. The molecule has 4 aromatic rings. The fourth-order valence-electron chi connectivity index (χ4n) is 4.42. The third-order valence-electron chi connectivity index (χ3n) is 6.29. The molecule has 0 bridgehead atoms. The number of benzene rings is 3. The third-order valence-corrected chi connectivity index (χ3v) is 8.06. The van der Waals surface area contributed by atoms with Gasteiger partial charge in [-0.2, -0.15) is 13.2 Å². The average molecular weight is 678 g/mol. The van der Waals surface area contributed by atoms with Gasteiger partial charge in [-0.1, -0.05) is 81.3 Å². The lowest BCUT2D eigenvalue weighted by Gasteiger charge is -2.26.